The Kier molecular flexibility index (Phi) is 10.4. The van der Waals surface area contributed by atoms with Gasteiger partial charge in [0.15, 0.2) is 0 Å². The molecule has 30 heavy (non-hydrogen) atoms. The third kappa shape index (κ3) is 8.86. The predicted octanol–water partition coefficient (Wildman–Crippen LogP) is 2.67. The van der Waals surface area contributed by atoms with Crippen LogP contribution in [0.3, 0.4) is 0 Å². The SMILES string of the molecule is N[C@@H](CCCCNc1ccccc1[N+](=O)[O-])C(=O)N1CCSC1.O=C(O)C(F)(F)F. The van der Waals surface area contributed by atoms with Crippen molar-refractivity contribution >= 4 is 35.0 Å². The quantitative estimate of drug-likeness (QED) is 0.311. The first-order chi connectivity index (χ1) is 14.0. The summed E-state index contributed by atoms with van der Waals surface area (Å²) >= 11 is 1.75. The van der Waals surface area contributed by atoms with Crippen molar-refractivity contribution in [2.24, 2.45) is 5.73 Å². The van der Waals surface area contributed by atoms with Crippen molar-refractivity contribution in [3.63, 3.8) is 0 Å². The monoisotopic (exact) mass is 452 g/mol. The molecule has 1 aliphatic rings. The number of carbonyl (C=O) groups is 2. The van der Waals surface area contributed by atoms with E-state index in [0.717, 1.165) is 31.0 Å². The molecule has 9 nitrogen and oxygen atoms in total. The number of para-hydroxylation sites is 2. The molecule has 1 aliphatic heterocycles. The highest BCUT2D eigenvalue weighted by atomic mass is 32.2. The third-order valence-electron chi connectivity index (χ3n) is 3.98. The average molecular weight is 452 g/mol. The summed E-state index contributed by atoms with van der Waals surface area (Å²) in [6.07, 6.45) is -2.83. The number of nitrogens with zero attached hydrogens (tertiary/aromatic N) is 2. The number of anilines is 1. The minimum atomic E-state index is -5.08. The van der Waals surface area contributed by atoms with Gasteiger partial charge in [0, 0.05) is 24.9 Å². The maximum Gasteiger partial charge on any atom is 0.490 e. The number of nitro groups is 1. The molecule has 1 saturated heterocycles. The summed E-state index contributed by atoms with van der Waals surface area (Å²) in [5.41, 5.74) is 6.54. The topological polar surface area (TPSA) is 139 Å². The zero-order chi connectivity index (χ0) is 22.7. The van der Waals surface area contributed by atoms with Crippen molar-refractivity contribution in [1.82, 2.24) is 4.90 Å². The summed E-state index contributed by atoms with van der Waals surface area (Å²) in [4.78, 5) is 33.3. The number of benzene rings is 1. The third-order valence-corrected chi connectivity index (χ3v) is 4.95. The van der Waals surface area contributed by atoms with Crippen LogP contribution >= 0.6 is 11.8 Å². The van der Waals surface area contributed by atoms with Gasteiger partial charge in [0.2, 0.25) is 5.91 Å². The van der Waals surface area contributed by atoms with Gasteiger partial charge in [0.25, 0.3) is 5.69 Å². The van der Waals surface area contributed by atoms with E-state index in [1.807, 2.05) is 0 Å². The first-order valence-electron chi connectivity index (χ1n) is 8.93. The van der Waals surface area contributed by atoms with E-state index in [2.05, 4.69) is 5.32 Å². The van der Waals surface area contributed by atoms with Crippen LogP contribution in [0.25, 0.3) is 0 Å². The van der Waals surface area contributed by atoms with Gasteiger partial charge in [0.1, 0.15) is 5.69 Å². The van der Waals surface area contributed by atoms with Gasteiger partial charge in [-0.1, -0.05) is 12.1 Å². The molecule has 1 aromatic carbocycles. The van der Waals surface area contributed by atoms with Gasteiger partial charge >= 0.3 is 12.1 Å². The van der Waals surface area contributed by atoms with Crippen LogP contribution < -0.4 is 11.1 Å². The largest absolute Gasteiger partial charge is 0.490 e. The Morgan fingerprint density at radius 3 is 2.50 bits per heavy atom. The average Bonchev–Trinajstić information content (AvgIpc) is 3.21. The van der Waals surface area contributed by atoms with Crippen LogP contribution in [0.2, 0.25) is 0 Å². The van der Waals surface area contributed by atoms with Crippen LogP contribution in [-0.4, -0.2) is 63.7 Å². The Morgan fingerprint density at radius 2 is 1.97 bits per heavy atom. The molecule has 168 valence electrons. The Morgan fingerprint density at radius 1 is 1.33 bits per heavy atom. The van der Waals surface area contributed by atoms with Crippen LogP contribution in [0, 0.1) is 10.1 Å². The molecule has 2 rings (SSSR count). The number of carboxylic acid groups (broad SMARTS) is 1. The summed E-state index contributed by atoms with van der Waals surface area (Å²) < 4.78 is 31.7. The molecule has 13 heteroatoms. The molecule has 0 unspecified atom stereocenters. The van der Waals surface area contributed by atoms with Gasteiger partial charge in [-0.2, -0.15) is 13.2 Å². The number of nitrogens with two attached hydrogens (primary N) is 1. The maximum atomic E-state index is 12.0. The fourth-order valence-electron chi connectivity index (χ4n) is 2.44. The van der Waals surface area contributed by atoms with Gasteiger partial charge in [-0.25, -0.2) is 4.79 Å². The zero-order valence-electron chi connectivity index (χ0n) is 15.9. The van der Waals surface area contributed by atoms with E-state index < -0.39 is 23.1 Å². The minimum absolute atomic E-state index is 0.0293. The maximum absolute atomic E-state index is 12.0. The number of nitro benzene ring substituents is 1. The van der Waals surface area contributed by atoms with Crippen LogP contribution in [0.4, 0.5) is 24.5 Å². The lowest BCUT2D eigenvalue weighted by Crippen LogP contribution is -2.42. The number of unbranched alkanes of at least 4 members (excludes halogenated alkanes) is 1. The highest BCUT2D eigenvalue weighted by molar-refractivity contribution is 7.99. The van der Waals surface area contributed by atoms with Gasteiger partial charge in [-0.05, 0) is 25.3 Å². The number of aliphatic carboxylic acids is 1. The molecule has 1 amide bonds. The highest BCUT2D eigenvalue weighted by Gasteiger charge is 2.38. The number of amides is 1. The molecule has 0 radical (unpaired) electrons. The Balaban J connectivity index is 0.000000553. The molecule has 1 aromatic rings. The molecule has 1 heterocycles. The van der Waals surface area contributed by atoms with E-state index in [9.17, 15) is 28.1 Å². The van der Waals surface area contributed by atoms with Crippen LogP contribution in [0.5, 0.6) is 0 Å². The van der Waals surface area contributed by atoms with Crippen molar-refractivity contribution in [2.45, 2.75) is 31.5 Å². The van der Waals surface area contributed by atoms with E-state index in [-0.39, 0.29) is 11.6 Å². The summed E-state index contributed by atoms with van der Waals surface area (Å²) in [6, 6.07) is 6.13. The van der Waals surface area contributed by atoms with Gasteiger partial charge in [-0.15, -0.1) is 11.8 Å². The molecule has 0 saturated carbocycles. The predicted molar refractivity (Wildman–Crippen MR) is 106 cm³/mol. The number of hydrogen-bond donors (Lipinski definition) is 3. The minimum Gasteiger partial charge on any atom is -0.475 e. The second-order valence-corrected chi connectivity index (χ2v) is 7.32. The zero-order valence-corrected chi connectivity index (χ0v) is 16.7. The molecule has 4 N–H and O–H groups in total. The van der Waals surface area contributed by atoms with E-state index in [4.69, 9.17) is 15.6 Å². The van der Waals surface area contributed by atoms with Crippen LogP contribution in [-0.2, 0) is 9.59 Å². The van der Waals surface area contributed by atoms with Crippen LogP contribution in [0.1, 0.15) is 19.3 Å². The standard InChI is InChI=1S/C15H22N4O3S.C2HF3O2/c16-12(15(20)18-9-10-23-11-18)5-3-4-8-17-13-6-1-2-7-14(13)19(21)22;3-2(4,5)1(6)7/h1-2,6-7,12,17H,3-5,8-11,16H2;(H,6,7)/t12-;/m0./s1. The normalized spacial score (nSPS) is 14.5. The molecular formula is C17H23F3N4O5S. The highest BCUT2D eigenvalue weighted by Crippen LogP contribution is 2.23. The fourth-order valence-corrected chi connectivity index (χ4v) is 3.40. The summed E-state index contributed by atoms with van der Waals surface area (Å²) in [6.45, 7) is 1.40. The van der Waals surface area contributed by atoms with Crippen molar-refractivity contribution in [2.75, 3.05) is 30.0 Å². The molecule has 0 aromatic heterocycles. The lowest BCUT2D eigenvalue weighted by Gasteiger charge is -2.19. The lowest BCUT2D eigenvalue weighted by atomic mass is 10.1. The van der Waals surface area contributed by atoms with E-state index in [1.54, 1.807) is 34.9 Å². The van der Waals surface area contributed by atoms with Crippen molar-refractivity contribution in [1.29, 1.82) is 0 Å². The van der Waals surface area contributed by atoms with Gasteiger partial charge in [-0.3, -0.25) is 14.9 Å². The smallest absolute Gasteiger partial charge is 0.475 e. The van der Waals surface area contributed by atoms with Gasteiger partial charge in [0.05, 0.1) is 16.8 Å². The van der Waals surface area contributed by atoms with Gasteiger partial charge < -0.3 is 21.1 Å². The van der Waals surface area contributed by atoms with Crippen molar-refractivity contribution < 1.29 is 32.8 Å². The molecule has 1 atom stereocenters. The second-order valence-electron chi connectivity index (χ2n) is 6.25. The Labute approximate surface area is 174 Å². The van der Waals surface area contributed by atoms with E-state index in [0.29, 0.717) is 18.7 Å². The number of hydrogen-bond acceptors (Lipinski definition) is 7. The van der Waals surface area contributed by atoms with Crippen molar-refractivity contribution in [3.05, 3.63) is 34.4 Å². The molecule has 1 fully saturated rings. The first-order valence-corrected chi connectivity index (χ1v) is 10.1. The van der Waals surface area contributed by atoms with Crippen molar-refractivity contribution in [3.8, 4) is 0 Å². The number of nitrogens with one attached hydrogen (secondary N) is 1. The number of halogens is 3. The molecule has 0 spiro atoms. The first kappa shape index (κ1) is 25.5. The lowest BCUT2D eigenvalue weighted by molar-refractivity contribution is -0.384. The molecule has 0 aliphatic carbocycles. The second kappa shape index (κ2) is 12.2. The number of carbonyl (C=O) groups excluding carboxylic acids is 1. The Bertz CT molecular complexity index is 730. The number of alkyl halides is 3. The summed E-state index contributed by atoms with van der Waals surface area (Å²) in [5.74, 6) is -1.00. The van der Waals surface area contributed by atoms with E-state index >= 15 is 0 Å². The summed E-state index contributed by atoms with van der Waals surface area (Å²) in [5, 5.41) is 21.1. The number of carboxylic acids is 1. The number of rotatable bonds is 8. The van der Waals surface area contributed by atoms with Crippen LogP contribution in [0.15, 0.2) is 24.3 Å². The fraction of sp³-hybridized carbons (Fsp3) is 0.529. The molecule has 0 bridgehead atoms. The summed E-state index contributed by atoms with van der Waals surface area (Å²) in [7, 11) is 0. The van der Waals surface area contributed by atoms with E-state index in [1.165, 1.54) is 6.07 Å². The Hall–Kier alpha value is -2.54. The number of thioether (sulfide) groups is 1. The molecular weight excluding hydrogens is 429 g/mol.